The SMILES string of the molecule is O=C1CCNCCNC(=O)CCNCCN1.O=C1CCNCCNCCC(=O)NCCN1. The van der Waals surface area contributed by atoms with Gasteiger partial charge in [-0.05, 0) is 0 Å². The molecule has 0 radical (unpaired) electrons. The lowest BCUT2D eigenvalue weighted by Crippen LogP contribution is -2.38. The molecule has 32 heavy (non-hydrogen) atoms. The molecule has 12 nitrogen and oxygen atoms in total. The van der Waals surface area contributed by atoms with Crippen LogP contribution in [0.1, 0.15) is 25.7 Å². The van der Waals surface area contributed by atoms with Crippen LogP contribution in [0, 0.1) is 0 Å². The van der Waals surface area contributed by atoms with Gasteiger partial charge in [0.05, 0.1) is 0 Å². The van der Waals surface area contributed by atoms with Gasteiger partial charge >= 0.3 is 0 Å². The summed E-state index contributed by atoms with van der Waals surface area (Å²) in [4.78, 5) is 45.0. The molecule has 0 atom stereocenters. The van der Waals surface area contributed by atoms with Gasteiger partial charge in [0.2, 0.25) is 23.6 Å². The van der Waals surface area contributed by atoms with Crippen LogP contribution in [-0.2, 0) is 19.2 Å². The first-order chi connectivity index (χ1) is 15.6. The van der Waals surface area contributed by atoms with E-state index in [2.05, 4.69) is 42.5 Å². The quantitative estimate of drug-likeness (QED) is 0.185. The van der Waals surface area contributed by atoms with Gasteiger partial charge in [0, 0.05) is 104 Å². The standard InChI is InChI=1S/2C10H20N4O2/c15-9-1-3-11-5-8-14-10(16)2-4-12-6-7-13-9;15-9-1-3-11-5-6-12-4-2-10(16)14-8-7-13-9/h2*11-12H,1-8H2,(H,13,15)(H,14,16). The Morgan fingerprint density at radius 2 is 0.531 bits per heavy atom. The lowest BCUT2D eigenvalue weighted by Gasteiger charge is -2.10. The van der Waals surface area contributed by atoms with Gasteiger partial charge in [-0.1, -0.05) is 0 Å². The van der Waals surface area contributed by atoms with E-state index in [1.165, 1.54) is 0 Å². The van der Waals surface area contributed by atoms with Crippen LogP contribution in [0.5, 0.6) is 0 Å². The van der Waals surface area contributed by atoms with Gasteiger partial charge in [-0.25, -0.2) is 0 Å². The number of hydrogen-bond donors (Lipinski definition) is 8. The van der Waals surface area contributed by atoms with Crippen LogP contribution in [0.4, 0.5) is 0 Å². The molecule has 0 aromatic carbocycles. The maximum Gasteiger partial charge on any atom is 0.221 e. The number of carbonyl (C=O) groups is 4. The largest absolute Gasteiger partial charge is 0.355 e. The molecule has 0 saturated carbocycles. The molecule has 0 aromatic rings. The summed E-state index contributed by atoms with van der Waals surface area (Å²) in [6, 6.07) is 0. The van der Waals surface area contributed by atoms with Crippen molar-refractivity contribution in [2.24, 2.45) is 0 Å². The van der Waals surface area contributed by atoms with Gasteiger partial charge in [0.25, 0.3) is 0 Å². The monoisotopic (exact) mass is 456 g/mol. The second-order valence-electron chi connectivity index (χ2n) is 7.40. The van der Waals surface area contributed by atoms with E-state index < -0.39 is 0 Å². The van der Waals surface area contributed by atoms with Crippen molar-refractivity contribution in [2.45, 2.75) is 25.7 Å². The summed E-state index contributed by atoms with van der Waals surface area (Å²) in [7, 11) is 0. The lowest BCUT2D eigenvalue weighted by molar-refractivity contribution is -0.122. The van der Waals surface area contributed by atoms with Crippen LogP contribution in [0.15, 0.2) is 0 Å². The van der Waals surface area contributed by atoms with Crippen molar-refractivity contribution in [3.63, 3.8) is 0 Å². The van der Waals surface area contributed by atoms with E-state index in [9.17, 15) is 19.2 Å². The number of nitrogens with one attached hydrogen (secondary N) is 8. The summed E-state index contributed by atoms with van der Waals surface area (Å²) in [6.45, 7) is 7.93. The topological polar surface area (TPSA) is 165 Å². The number of carbonyl (C=O) groups excluding carboxylic acids is 4. The Labute approximate surface area is 190 Å². The number of rotatable bonds is 0. The molecule has 0 spiro atoms. The molecule has 0 aromatic heterocycles. The minimum Gasteiger partial charge on any atom is -0.355 e. The fourth-order valence-corrected chi connectivity index (χ4v) is 2.82. The molecule has 0 aliphatic carbocycles. The second kappa shape index (κ2) is 19.4. The van der Waals surface area contributed by atoms with Gasteiger partial charge in [-0.3, -0.25) is 19.2 Å². The normalized spacial score (nSPS) is 21.8. The fraction of sp³-hybridized carbons (Fsp3) is 0.800. The summed E-state index contributed by atoms with van der Waals surface area (Å²) in [5, 5.41) is 23.6. The first kappa shape index (κ1) is 27.8. The van der Waals surface area contributed by atoms with Crippen molar-refractivity contribution in [2.75, 3.05) is 78.5 Å². The molecule has 2 aliphatic heterocycles. The second-order valence-corrected chi connectivity index (χ2v) is 7.40. The third-order valence-corrected chi connectivity index (χ3v) is 4.61. The zero-order valence-electron chi connectivity index (χ0n) is 18.9. The highest BCUT2D eigenvalue weighted by atomic mass is 16.2. The van der Waals surface area contributed by atoms with E-state index in [4.69, 9.17) is 0 Å². The van der Waals surface area contributed by atoms with Gasteiger partial charge in [0.1, 0.15) is 0 Å². The van der Waals surface area contributed by atoms with E-state index in [-0.39, 0.29) is 23.6 Å². The Morgan fingerprint density at radius 1 is 0.312 bits per heavy atom. The van der Waals surface area contributed by atoms with Crippen molar-refractivity contribution in [3.8, 4) is 0 Å². The Balaban J connectivity index is 0.000000320. The summed E-state index contributed by atoms with van der Waals surface area (Å²) in [6.07, 6.45) is 1.92. The van der Waals surface area contributed by atoms with Crippen LogP contribution in [0.2, 0.25) is 0 Å². The molecule has 184 valence electrons. The maximum atomic E-state index is 11.3. The number of hydrogen-bond acceptors (Lipinski definition) is 8. The van der Waals surface area contributed by atoms with E-state index in [1.807, 2.05) is 0 Å². The summed E-state index contributed by atoms with van der Waals surface area (Å²) in [5.74, 6) is 0.171. The third kappa shape index (κ3) is 17.4. The van der Waals surface area contributed by atoms with Crippen molar-refractivity contribution < 1.29 is 19.2 Å². The zero-order chi connectivity index (χ0) is 23.3. The predicted octanol–water partition coefficient (Wildman–Crippen LogP) is -3.62. The Hall–Kier alpha value is -2.28. The van der Waals surface area contributed by atoms with Crippen molar-refractivity contribution in [1.82, 2.24) is 42.5 Å². The molecule has 2 saturated heterocycles. The minimum absolute atomic E-state index is 0.0202. The average Bonchev–Trinajstić information content (AvgIpc) is 2.77. The van der Waals surface area contributed by atoms with Gasteiger partial charge in [-0.15, -0.1) is 0 Å². The summed E-state index contributed by atoms with van der Waals surface area (Å²) >= 11 is 0. The van der Waals surface area contributed by atoms with E-state index in [0.717, 1.165) is 13.1 Å². The highest BCUT2D eigenvalue weighted by molar-refractivity contribution is 5.77. The van der Waals surface area contributed by atoms with Crippen LogP contribution >= 0.6 is 0 Å². The van der Waals surface area contributed by atoms with Crippen LogP contribution in [0.25, 0.3) is 0 Å². The van der Waals surface area contributed by atoms with E-state index >= 15 is 0 Å². The van der Waals surface area contributed by atoms with Crippen molar-refractivity contribution in [1.29, 1.82) is 0 Å². The van der Waals surface area contributed by atoms with Gasteiger partial charge in [0.15, 0.2) is 0 Å². The molecule has 2 fully saturated rings. The predicted molar refractivity (Wildman–Crippen MR) is 122 cm³/mol. The van der Waals surface area contributed by atoms with Gasteiger partial charge < -0.3 is 42.5 Å². The van der Waals surface area contributed by atoms with E-state index in [0.29, 0.717) is 91.1 Å². The molecule has 2 rings (SSSR count). The molecule has 12 heteroatoms. The zero-order valence-corrected chi connectivity index (χ0v) is 18.9. The molecule has 0 bridgehead atoms. The lowest BCUT2D eigenvalue weighted by atomic mass is 10.3. The van der Waals surface area contributed by atoms with Crippen LogP contribution in [0.3, 0.4) is 0 Å². The molecular formula is C20H40N8O4. The van der Waals surface area contributed by atoms with Crippen LogP contribution < -0.4 is 42.5 Å². The fourth-order valence-electron chi connectivity index (χ4n) is 2.82. The molecule has 2 aliphatic rings. The highest BCUT2D eigenvalue weighted by Crippen LogP contribution is 1.81. The third-order valence-electron chi connectivity index (χ3n) is 4.61. The molecule has 0 unspecified atom stereocenters. The Bertz CT molecular complexity index is 494. The molecule has 8 N–H and O–H groups in total. The minimum atomic E-state index is 0.0202. The first-order valence-electron chi connectivity index (χ1n) is 11.5. The number of amides is 4. The smallest absolute Gasteiger partial charge is 0.221 e. The summed E-state index contributed by atoms with van der Waals surface area (Å²) in [5.41, 5.74) is 0. The molecular weight excluding hydrogens is 416 g/mol. The maximum absolute atomic E-state index is 11.3. The molecule has 4 amide bonds. The Kier molecular flexibility index (Phi) is 16.8. The van der Waals surface area contributed by atoms with Crippen molar-refractivity contribution in [3.05, 3.63) is 0 Å². The molecule has 2 heterocycles. The summed E-state index contributed by atoms with van der Waals surface area (Å²) < 4.78 is 0. The highest BCUT2D eigenvalue weighted by Gasteiger charge is 2.04. The Morgan fingerprint density at radius 3 is 0.812 bits per heavy atom. The van der Waals surface area contributed by atoms with E-state index in [1.54, 1.807) is 0 Å². The average molecular weight is 457 g/mol. The van der Waals surface area contributed by atoms with Gasteiger partial charge in [-0.2, -0.15) is 0 Å². The van der Waals surface area contributed by atoms with Crippen LogP contribution in [-0.4, -0.2) is 102 Å². The first-order valence-corrected chi connectivity index (χ1v) is 11.5. The van der Waals surface area contributed by atoms with Crippen molar-refractivity contribution >= 4 is 23.6 Å².